The third-order valence-electron chi connectivity index (χ3n) is 6.32. The van der Waals surface area contributed by atoms with Crippen molar-refractivity contribution in [3.8, 4) is 6.07 Å². The van der Waals surface area contributed by atoms with Crippen molar-refractivity contribution in [2.45, 2.75) is 104 Å². The van der Waals surface area contributed by atoms with Crippen LogP contribution in [0.5, 0.6) is 0 Å². The highest BCUT2D eigenvalue weighted by Gasteiger charge is 2.45. The highest BCUT2D eigenvalue weighted by molar-refractivity contribution is 5.04. The molecular weight excluding hydrogens is 310 g/mol. The maximum atomic E-state index is 9.84. The van der Waals surface area contributed by atoms with E-state index in [1.165, 1.54) is 57.8 Å². The van der Waals surface area contributed by atoms with Gasteiger partial charge < -0.3 is 9.47 Å². The van der Waals surface area contributed by atoms with Crippen LogP contribution in [0.2, 0.25) is 0 Å². The number of nitriles is 1. The summed E-state index contributed by atoms with van der Waals surface area (Å²) in [4.78, 5) is 0. The van der Waals surface area contributed by atoms with Crippen molar-refractivity contribution >= 4 is 0 Å². The molecule has 1 saturated carbocycles. The van der Waals surface area contributed by atoms with Crippen LogP contribution in [0.4, 0.5) is 0 Å². The minimum Gasteiger partial charge on any atom is -0.351 e. The number of hydrogen-bond acceptors (Lipinski definition) is 3. The quantitative estimate of drug-likeness (QED) is 0.439. The van der Waals surface area contributed by atoms with E-state index in [4.69, 9.17) is 9.47 Å². The zero-order valence-electron chi connectivity index (χ0n) is 16.6. The molecule has 2 rings (SSSR count). The van der Waals surface area contributed by atoms with Crippen LogP contribution in [0, 0.1) is 28.6 Å². The fourth-order valence-electron chi connectivity index (χ4n) is 4.44. The smallest absolute Gasteiger partial charge is 0.176 e. The molecule has 1 saturated heterocycles. The van der Waals surface area contributed by atoms with Gasteiger partial charge in [0.2, 0.25) is 0 Å². The Morgan fingerprint density at radius 2 is 1.44 bits per heavy atom. The maximum Gasteiger partial charge on any atom is 0.176 e. The van der Waals surface area contributed by atoms with Gasteiger partial charge in [0.15, 0.2) is 6.29 Å². The zero-order valence-corrected chi connectivity index (χ0v) is 16.6. The number of ether oxygens (including phenoxy) is 2. The van der Waals surface area contributed by atoms with E-state index in [1.54, 1.807) is 0 Å². The molecule has 0 aromatic heterocycles. The summed E-state index contributed by atoms with van der Waals surface area (Å²) in [6, 6.07) is 2.59. The molecule has 1 aliphatic heterocycles. The van der Waals surface area contributed by atoms with Crippen molar-refractivity contribution in [3.63, 3.8) is 0 Å². The van der Waals surface area contributed by atoms with Crippen molar-refractivity contribution in [2.24, 2.45) is 17.3 Å². The van der Waals surface area contributed by atoms with Gasteiger partial charge in [-0.3, -0.25) is 0 Å². The van der Waals surface area contributed by atoms with E-state index in [0.29, 0.717) is 5.92 Å². The molecule has 0 aromatic rings. The van der Waals surface area contributed by atoms with E-state index >= 15 is 0 Å². The molecule has 0 unspecified atom stereocenters. The minimum atomic E-state index is -0.394. The summed E-state index contributed by atoms with van der Waals surface area (Å²) in [5.74, 6) is 1.33. The SMILES string of the molecule is CCCCCCCC1COC([C@]2(C#N)CC[C@@H](CCCC)CC2)OC1. The van der Waals surface area contributed by atoms with E-state index in [2.05, 4.69) is 19.9 Å². The van der Waals surface area contributed by atoms with Gasteiger partial charge >= 0.3 is 0 Å². The van der Waals surface area contributed by atoms with Crippen LogP contribution < -0.4 is 0 Å². The largest absolute Gasteiger partial charge is 0.351 e. The van der Waals surface area contributed by atoms with E-state index in [9.17, 15) is 5.26 Å². The standard InChI is InChI=1S/C22H39NO2/c1-3-5-7-8-9-11-20-16-24-21(25-17-20)22(18-23)14-12-19(13-15-22)10-6-4-2/h19-21H,3-17H2,1-2H3/t19-,20?,21?,22-. The molecule has 1 aliphatic carbocycles. The normalized spacial score (nSPS) is 33.1. The Morgan fingerprint density at radius 1 is 0.840 bits per heavy atom. The molecule has 0 radical (unpaired) electrons. The Labute approximate surface area is 155 Å². The van der Waals surface area contributed by atoms with Crippen molar-refractivity contribution in [2.75, 3.05) is 13.2 Å². The van der Waals surface area contributed by atoms with Crippen molar-refractivity contribution in [3.05, 3.63) is 0 Å². The first-order chi connectivity index (χ1) is 12.2. The van der Waals surface area contributed by atoms with Gasteiger partial charge in [-0.2, -0.15) is 5.26 Å². The maximum absolute atomic E-state index is 9.84. The molecular formula is C22H39NO2. The first-order valence-corrected chi connectivity index (χ1v) is 10.9. The highest BCUT2D eigenvalue weighted by atomic mass is 16.7. The van der Waals surface area contributed by atoms with Gasteiger partial charge in [0.05, 0.1) is 19.3 Å². The monoisotopic (exact) mass is 349 g/mol. The summed E-state index contributed by atoms with van der Waals surface area (Å²) in [6.45, 7) is 6.07. The van der Waals surface area contributed by atoms with Gasteiger partial charge in [0, 0.05) is 5.92 Å². The summed E-state index contributed by atoms with van der Waals surface area (Å²) < 4.78 is 12.1. The molecule has 144 valence electrons. The number of unbranched alkanes of at least 4 members (excludes halogenated alkanes) is 5. The van der Waals surface area contributed by atoms with Crippen LogP contribution in [0.15, 0.2) is 0 Å². The van der Waals surface area contributed by atoms with E-state index in [1.807, 2.05) is 0 Å². The second-order valence-electron chi connectivity index (χ2n) is 8.42. The van der Waals surface area contributed by atoms with Crippen molar-refractivity contribution in [1.29, 1.82) is 5.26 Å². The summed E-state index contributed by atoms with van der Waals surface area (Å²) in [5.41, 5.74) is -0.394. The van der Waals surface area contributed by atoms with Crippen LogP contribution in [-0.2, 0) is 9.47 Å². The third-order valence-corrected chi connectivity index (χ3v) is 6.32. The topological polar surface area (TPSA) is 42.2 Å². The zero-order chi connectivity index (χ0) is 18.0. The highest BCUT2D eigenvalue weighted by Crippen LogP contribution is 2.45. The van der Waals surface area contributed by atoms with Crippen LogP contribution >= 0.6 is 0 Å². The van der Waals surface area contributed by atoms with Crippen LogP contribution in [0.25, 0.3) is 0 Å². The second-order valence-corrected chi connectivity index (χ2v) is 8.42. The lowest BCUT2D eigenvalue weighted by atomic mass is 9.69. The lowest BCUT2D eigenvalue weighted by Crippen LogP contribution is -2.45. The number of nitrogens with zero attached hydrogens (tertiary/aromatic N) is 1. The van der Waals surface area contributed by atoms with Crippen LogP contribution in [0.1, 0.15) is 97.3 Å². The Balaban J connectivity index is 1.70. The summed E-state index contributed by atoms with van der Waals surface area (Å²) >= 11 is 0. The first kappa shape index (κ1) is 20.7. The molecule has 25 heavy (non-hydrogen) atoms. The summed E-state index contributed by atoms with van der Waals surface area (Å²) in [7, 11) is 0. The average molecular weight is 350 g/mol. The predicted octanol–water partition coefficient (Wildman–Crippen LogP) is 6.23. The molecule has 0 bridgehead atoms. The first-order valence-electron chi connectivity index (χ1n) is 10.9. The molecule has 3 heteroatoms. The number of hydrogen-bond donors (Lipinski definition) is 0. The van der Waals surface area contributed by atoms with Gasteiger partial charge in [-0.1, -0.05) is 65.2 Å². The predicted molar refractivity (Wildman–Crippen MR) is 102 cm³/mol. The molecule has 0 aromatic carbocycles. The van der Waals surface area contributed by atoms with Crippen LogP contribution in [0.3, 0.4) is 0 Å². The molecule has 2 fully saturated rings. The van der Waals surface area contributed by atoms with Crippen molar-refractivity contribution in [1.82, 2.24) is 0 Å². The lowest BCUT2D eigenvalue weighted by molar-refractivity contribution is -0.247. The summed E-state index contributed by atoms with van der Waals surface area (Å²) in [6.07, 6.45) is 15.7. The minimum absolute atomic E-state index is 0.291. The Morgan fingerprint density at radius 3 is 2.04 bits per heavy atom. The average Bonchev–Trinajstić information content (AvgIpc) is 2.67. The molecule has 3 nitrogen and oxygen atoms in total. The summed E-state index contributed by atoms with van der Waals surface area (Å²) in [5, 5.41) is 9.84. The van der Waals surface area contributed by atoms with Crippen LogP contribution in [-0.4, -0.2) is 19.5 Å². The molecule has 0 atom stereocenters. The van der Waals surface area contributed by atoms with Gasteiger partial charge in [-0.15, -0.1) is 0 Å². The Hall–Kier alpha value is -0.590. The van der Waals surface area contributed by atoms with Gasteiger partial charge in [-0.25, -0.2) is 0 Å². The van der Waals surface area contributed by atoms with Gasteiger partial charge in [0.1, 0.15) is 5.41 Å². The second kappa shape index (κ2) is 11.2. The Kier molecular flexibility index (Phi) is 9.28. The van der Waals surface area contributed by atoms with E-state index in [-0.39, 0.29) is 6.29 Å². The lowest BCUT2D eigenvalue weighted by Gasteiger charge is -2.42. The van der Waals surface area contributed by atoms with E-state index < -0.39 is 5.41 Å². The molecule has 0 N–H and O–H groups in total. The van der Waals surface area contributed by atoms with E-state index in [0.717, 1.165) is 44.8 Å². The van der Waals surface area contributed by atoms with Gasteiger partial charge in [-0.05, 0) is 38.0 Å². The third kappa shape index (κ3) is 6.26. The fourth-order valence-corrected chi connectivity index (χ4v) is 4.44. The number of rotatable bonds is 10. The molecule has 0 spiro atoms. The van der Waals surface area contributed by atoms with Gasteiger partial charge in [0.25, 0.3) is 0 Å². The Bertz CT molecular complexity index is 387. The molecule has 2 aliphatic rings. The van der Waals surface area contributed by atoms with Crippen molar-refractivity contribution < 1.29 is 9.47 Å². The molecule has 0 amide bonds. The fraction of sp³-hybridized carbons (Fsp3) is 0.955. The molecule has 1 heterocycles.